The molecule has 1 fully saturated rings. The van der Waals surface area contributed by atoms with Crippen molar-refractivity contribution in [2.45, 2.75) is 36.6 Å². The van der Waals surface area contributed by atoms with Gasteiger partial charge in [-0.25, -0.2) is 0 Å². The minimum Gasteiger partial charge on any atom is -0.756 e. The van der Waals surface area contributed by atoms with E-state index in [4.69, 9.17) is 14.7 Å². The Morgan fingerprint density at radius 2 is 0.833 bits per heavy atom. The number of hydrogen-bond acceptors (Lipinski definition) is 12. The summed E-state index contributed by atoms with van der Waals surface area (Å²) in [5.41, 5.74) is 0. The summed E-state index contributed by atoms with van der Waals surface area (Å²) in [6.07, 6.45) is -15.0. The third kappa shape index (κ3) is 6.50. The van der Waals surface area contributed by atoms with Crippen LogP contribution in [0.15, 0.2) is 0 Å². The predicted octanol–water partition coefficient (Wildman–Crippen LogP) is -5.38. The first-order valence-electron chi connectivity index (χ1n) is 5.72. The summed E-state index contributed by atoms with van der Waals surface area (Å²) in [7, 11) is -17.2. The Labute approximate surface area is 133 Å². The largest absolute Gasteiger partial charge is 0.756 e. The Hall–Kier alpha value is 0.210. The highest BCUT2D eigenvalue weighted by Crippen LogP contribution is 2.46. The summed E-state index contributed by atoms with van der Waals surface area (Å²) in [6, 6.07) is 0. The summed E-state index contributed by atoms with van der Waals surface area (Å²) >= 11 is 0. The van der Waals surface area contributed by atoms with E-state index in [1.54, 1.807) is 0 Å². The highest BCUT2D eigenvalue weighted by Gasteiger charge is 2.54. The summed E-state index contributed by atoms with van der Waals surface area (Å²) in [6.45, 7) is 0. The van der Waals surface area contributed by atoms with Gasteiger partial charge in [0, 0.05) is 0 Å². The molecule has 0 radical (unpaired) electrons. The van der Waals surface area contributed by atoms with Crippen molar-refractivity contribution in [1.29, 1.82) is 0 Å². The second kappa shape index (κ2) is 7.45. The average molecular weight is 417 g/mol. The molecule has 0 aromatic heterocycles. The molecule has 15 nitrogen and oxygen atoms in total. The number of phosphoric acid groups is 3. The van der Waals surface area contributed by atoms with Crippen molar-refractivity contribution in [1.82, 2.24) is 0 Å². The highest BCUT2D eigenvalue weighted by atomic mass is 31.2. The van der Waals surface area contributed by atoms with Crippen LogP contribution in [0.4, 0.5) is 0 Å². The van der Waals surface area contributed by atoms with E-state index >= 15 is 0 Å². The molecule has 5 unspecified atom stereocenters. The lowest BCUT2D eigenvalue weighted by Crippen LogP contribution is -2.65. The van der Waals surface area contributed by atoms with E-state index in [2.05, 4.69) is 13.6 Å². The maximum Gasteiger partial charge on any atom is 0.265 e. The smallest absolute Gasteiger partial charge is 0.265 e. The number of rotatable bonds is 6. The molecule has 0 aromatic carbocycles. The zero-order chi connectivity index (χ0) is 19.1. The van der Waals surface area contributed by atoms with E-state index in [1.807, 2.05) is 0 Å². The van der Waals surface area contributed by atoms with Crippen LogP contribution in [0.1, 0.15) is 0 Å². The maximum atomic E-state index is 10.8. The first kappa shape index (κ1) is 22.3. The lowest BCUT2D eigenvalue weighted by Gasteiger charge is -2.47. The van der Waals surface area contributed by atoms with E-state index in [9.17, 15) is 43.7 Å². The molecule has 144 valence electrons. The predicted molar refractivity (Wildman–Crippen MR) is 62.1 cm³/mol. The van der Waals surface area contributed by atoms with Crippen LogP contribution in [-0.4, -0.2) is 66.6 Å². The lowest BCUT2D eigenvalue weighted by atomic mass is 9.85. The Kier molecular flexibility index (Phi) is 6.90. The van der Waals surface area contributed by atoms with Crippen LogP contribution in [0, 0.1) is 0 Å². The van der Waals surface area contributed by atoms with Crippen LogP contribution >= 0.6 is 23.5 Å². The van der Waals surface area contributed by atoms with Crippen LogP contribution in [0.3, 0.4) is 0 Å². The van der Waals surface area contributed by atoms with Gasteiger partial charge in [-0.1, -0.05) is 0 Å². The molecule has 0 heterocycles. The lowest BCUT2D eigenvalue weighted by molar-refractivity contribution is -0.279. The van der Waals surface area contributed by atoms with Crippen molar-refractivity contribution in [3.63, 3.8) is 0 Å². The topological polar surface area (TPSA) is 269 Å². The van der Waals surface area contributed by atoms with Gasteiger partial charge in [-0.2, -0.15) is 0 Å². The van der Waals surface area contributed by atoms with Crippen LogP contribution in [0.25, 0.3) is 0 Å². The van der Waals surface area contributed by atoms with Gasteiger partial charge in [-0.15, -0.1) is 0 Å². The van der Waals surface area contributed by atoms with Gasteiger partial charge in [0.1, 0.15) is 36.6 Å². The van der Waals surface area contributed by atoms with Crippen molar-refractivity contribution in [3.8, 4) is 0 Å². The van der Waals surface area contributed by atoms with Gasteiger partial charge in [0.05, 0.1) is 0 Å². The molecule has 0 bridgehead atoms. The zero-order valence-corrected chi connectivity index (χ0v) is 13.8. The molecule has 0 amide bonds. The molecule has 1 saturated carbocycles. The van der Waals surface area contributed by atoms with Gasteiger partial charge in [0.15, 0.2) is 0 Å². The minimum absolute atomic E-state index is 2.39. The van der Waals surface area contributed by atoms with Gasteiger partial charge < -0.3 is 58.3 Å². The van der Waals surface area contributed by atoms with Crippen molar-refractivity contribution in [2.75, 3.05) is 0 Å². The zero-order valence-electron chi connectivity index (χ0n) is 11.2. The van der Waals surface area contributed by atoms with Crippen molar-refractivity contribution in [3.05, 3.63) is 0 Å². The Morgan fingerprint density at radius 1 is 0.583 bits per heavy atom. The molecular weight excluding hydrogens is 405 g/mol. The molecule has 24 heavy (non-hydrogen) atoms. The molecule has 0 saturated heterocycles. The first-order chi connectivity index (χ1) is 10.5. The van der Waals surface area contributed by atoms with Crippen LogP contribution in [-0.2, 0) is 27.3 Å². The fourth-order valence-electron chi connectivity index (χ4n) is 1.99. The number of aliphatic hydroxyl groups is 3. The summed E-state index contributed by atoms with van der Waals surface area (Å²) in [5.74, 6) is 0. The molecule has 0 aromatic rings. The van der Waals surface area contributed by atoms with Gasteiger partial charge in [0.25, 0.3) is 23.5 Å². The molecule has 0 spiro atoms. The fraction of sp³-hybridized carbons (Fsp3) is 1.00. The van der Waals surface area contributed by atoms with Crippen molar-refractivity contribution in [2.24, 2.45) is 0 Å². The SMILES string of the molecule is O=P([O-])(O)OC1[C@@H](OP(=O)([O-])O)[C@H](O)C(O)[C@@H](O)[C@H]1OP(=O)([O-])O. The van der Waals surface area contributed by atoms with Gasteiger partial charge in [-0.3, -0.25) is 13.7 Å². The summed E-state index contributed by atoms with van der Waals surface area (Å²) in [4.78, 5) is 58.3. The van der Waals surface area contributed by atoms with Crippen LogP contribution in [0.2, 0.25) is 0 Å². The molecule has 1 aliphatic rings. The first-order valence-corrected chi connectivity index (χ1v) is 10.2. The number of aliphatic hydroxyl groups excluding tert-OH is 3. The van der Waals surface area contributed by atoms with E-state index in [1.165, 1.54) is 0 Å². The maximum absolute atomic E-state index is 10.8. The average Bonchev–Trinajstić information content (AvgIpc) is 2.32. The third-order valence-electron chi connectivity index (χ3n) is 2.79. The van der Waals surface area contributed by atoms with E-state index in [0.29, 0.717) is 0 Å². The minimum atomic E-state index is -5.77. The van der Waals surface area contributed by atoms with E-state index in [0.717, 1.165) is 0 Å². The molecule has 1 rings (SSSR count). The molecule has 18 heteroatoms. The van der Waals surface area contributed by atoms with Crippen LogP contribution < -0.4 is 14.7 Å². The quantitative estimate of drug-likeness (QED) is 0.220. The van der Waals surface area contributed by atoms with Crippen molar-refractivity contribution < 1.29 is 71.9 Å². The molecular formula is C6H12O15P3-3. The second-order valence-corrected chi connectivity index (χ2v) is 8.03. The molecule has 9 atom stereocenters. The normalized spacial score (nSPS) is 41.9. The molecule has 6 N–H and O–H groups in total. The number of hydrogen-bond donors (Lipinski definition) is 6. The Morgan fingerprint density at radius 3 is 1.08 bits per heavy atom. The summed E-state index contributed by atoms with van der Waals surface area (Å²) in [5, 5.41) is 28.8. The van der Waals surface area contributed by atoms with Gasteiger partial charge >= 0.3 is 0 Å². The Balaban J connectivity index is 3.32. The second-order valence-electron chi connectivity index (χ2n) is 4.59. The highest BCUT2D eigenvalue weighted by molar-refractivity contribution is 7.45. The Bertz CT molecular complexity index is 536. The molecule has 1 aliphatic carbocycles. The van der Waals surface area contributed by atoms with E-state index in [-0.39, 0.29) is 0 Å². The fourth-order valence-corrected chi connectivity index (χ4v) is 3.64. The van der Waals surface area contributed by atoms with Gasteiger partial charge in [-0.05, 0) is 0 Å². The van der Waals surface area contributed by atoms with Gasteiger partial charge in [0.2, 0.25) is 0 Å². The van der Waals surface area contributed by atoms with Crippen molar-refractivity contribution >= 4 is 23.5 Å². The summed E-state index contributed by atoms with van der Waals surface area (Å²) < 4.78 is 44.1. The van der Waals surface area contributed by atoms with Crippen LogP contribution in [0.5, 0.6) is 0 Å². The molecule has 0 aliphatic heterocycles. The third-order valence-corrected chi connectivity index (χ3v) is 4.31. The monoisotopic (exact) mass is 417 g/mol. The standard InChI is InChI=1S/C6H15O15P3/c7-1-2(8)4(19-22(10,11)12)6(21-24(16,17)18)5(3(1)9)20-23(13,14)15/h1-9H,(H2,10,11,12)(H2,13,14,15)(H2,16,17,18)/p-3/t1?,2-,3-,4-,5+,6?/m1/s1. The van der Waals surface area contributed by atoms with E-state index < -0.39 is 60.1 Å². The number of phosphoric ester groups is 3.